The van der Waals surface area contributed by atoms with Gasteiger partial charge in [0.1, 0.15) is 11.3 Å². The van der Waals surface area contributed by atoms with E-state index in [9.17, 15) is 13.6 Å². The summed E-state index contributed by atoms with van der Waals surface area (Å²) < 4.78 is 27.1. The highest BCUT2D eigenvalue weighted by atomic mass is 32.1. The largest absolute Gasteiger partial charge is 0.300 e. The zero-order valence-electron chi connectivity index (χ0n) is 12.6. The number of thiophene rings is 1. The topological polar surface area (TPSA) is 54.9 Å². The maximum absolute atomic E-state index is 13.6. The van der Waals surface area contributed by atoms with Crippen molar-refractivity contribution in [3.05, 3.63) is 63.3 Å². The number of benzene rings is 1. The van der Waals surface area contributed by atoms with Gasteiger partial charge in [-0.15, -0.1) is 21.5 Å². The van der Waals surface area contributed by atoms with Crippen LogP contribution in [-0.2, 0) is 4.79 Å². The number of halogens is 2. The molecule has 0 aliphatic carbocycles. The molecule has 0 aliphatic heterocycles. The highest BCUT2D eigenvalue weighted by Crippen LogP contribution is 2.36. The van der Waals surface area contributed by atoms with E-state index < -0.39 is 17.7 Å². The lowest BCUT2D eigenvalue weighted by Crippen LogP contribution is -2.26. The molecule has 8 heteroatoms. The molecule has 2 atom stereocenters. The molecule has 2 aromatic heterocycles. The summed E-state index contributed by atoms with van der Waals surface area (Å²) in [5.74, 6) is -1.68. The molecule has 4 nitrogen and oxygen atoms in total. The van der Waals surface area contributed by atoms with Crippen LogP contribution in [0.1, 0.15) is 23.3 Å². The molecule has 0 saturated carbocycles. The molecule has 3 aromatic rings. The van der Waals surface area contributed by atoms with Crippen LogP contribution in [0.5, 0.6) is 0 Å². The van der Waals surface area contributed by atoms with Gasteiger partial charge in [0.25, 0.3) is 0 Å². The number of rotatable bonds is 5. The van der Waals surface area contributed by atoms with E-state index in [1.165, 1.54) is 35.0 Å². The van der Waals surface area contributed by atoms with Gasteiger partial charge in [-0.2, -0.15) is 4.39 Å². The van der Waals surface area contributed by atoms with Gasteiger partial charge in [-0.25, -0.2) is 4.39 Å². The van der Waals surface area contributed by atoms with Crippen molar-refractivity contribution in [1.29, 1.82) is 0 Å². The molecule has 1 amide bonds. The Morgan fingerprint density at radius 2 is 2.08 bits per heavy atom. The van der Waals surface area contributed by atoms with Crippen molar-refractivity contribution in [3.63, 3.8) is 0 Å². The molecule has 2 heterocycles. The van der Waals surface area contributed by atoms with E-state index in [2.05, 4.69) is 15.5 Å². The summed E-state index contributed by atoms with van der Waals surface area (Å²) in [5, 5.41) is 10.2. The van der Waals surface area contributed by atoms with Crippen LogP contribution in [0, 0.1) is 16.9 Å². The average molecular weight is 365 g/mol. The number of carbonyl (C=O) groups excluding carboxylic acids is 1. The standard InChI is InChI=1S/C16H13F2N3OS2/c1-9(15(22)20-16-21-19-8-23-16)14(12-5-6-13(18)24-12)10-3-2-4-11(17)7-10/h2-9,14H,1H3,(H,20,21,22). The maximum atomic E-state index is 13.6. The van der Waals surface area contributed by atoms with E-state index in [0.29, 0.717) is 15.6 Å². The Kier molecular flexibility index (Phi) is 4.96. The Morgan fingerprint density at radius 1 is 1.25 bits per heavy atom. The quantitative estimate of drug-likeness (QED) is 0.734. The van der Waals surface area contributed by atoms with Gasteiger partial charge < -0.3 is 5.32 Å². The third kappa shape index (κ3) is 3.65. The second kappa shape index (κ2) is 7.14. The van der Waals surface area contributed by atoms with Gasteiger partial charge in [0.15, 0.2) is 5.13 Å². The van der Waals surface area contributed by atoms with Gasteiger partial charge in [0.2, 0.25) is 11.0 Å². The predicted octanol–water partition coefficient (Wildman–Crippen LogP) is 4.28. The Balaban J connectivity index is 1.93. The summed E-state index contributed by atoms with van der Waals surface area (Å²) in [5.41, 5.74) is 2.13. The number of aromatic nitrogens is 2. The first kappa shape index (κ1) is 16.7. The zero-order chi connectivity index (χ0) is 17.1. The Labute approximate surface area is 145 Å². The number of anilines is 1. The Morgan fingerprint density at radius 3 is 2.71 bits per heavy atom. The third-order valence-electron chi connectivity index (χ3n) is 3.61. The Hall–Kier alpha value is -2.19. The summed E-state index contributed by atoms with van der Waals surface area (Å²) in [6.07, 6.45) is 0. The minimum absolute atomic E-state index is 0.283. The fourth-order valence-corrected chi connectivity index (χ4v) is 3.91. The molecule has 0 bridgehead atoms. The third-order valence-corrected chi connectivity index (χ3v) is 5.18. The molecule has 124 valence electrons. The molecule has 3 rings (SSSR count). The number of nitrogens with one attached hydrogen (secondary N) is 1. The van der Waals surface area contributed by atoms with Crippen molar-refractivity contribution in [2.75, 3.05) is 5.32 Å². The van der Waals surface area contributed by atoms with E-state index in [1.807, 2.05) is 0 Å². The second-order valence-electron chi connectivity index (χ2n) is 5.20. The first-order valence-corrected chi connectivity index (χ1v) is 8.82. The second-order valence-corrected chi connectivity index (χ2v) is 7.10. The lowest BCUT2D eigenvalue weighted by molar-refractivity contribution is -0.119. The normalized spacial score (nSPS) is 13.5. The Bertz CT molecular complexity index is 835. The predicted molar refractivity (Wildman–Crippen MR) is 90.2 cm³/mol. The molecular formula is C16H13F2N3OS2. The summed E-state index contributed by atoms with van der Waals surface area (Å²) in [7, 11) is 0. The summed E-state index contributed by atoms with van der Waals surface area (Å²) in [6.45, 7) is 1.73. The smallest absolute Gasteiger partial charge is 0.230 e. The monoisotopic (exact) mass is 365 g/mol. The maximum Gasteiger partial charge on any atom is 0.230 e. The van der Waals surface area contributed by atoms with Crippen LogP contribution in [-0.4, -0.2) is 16.1 Å². The molecule has 2 unspecified atom stereocenters. The minimum Gasteiger partial charge on any atom is -0.300 e. The van der Waals surface area contributed by atoms with Gasteiger partial charge in [-0.05, 0) is 29.8 Å². The molecular weight excluding hydrogens is 352 g/mol. The fourth-order valence-electron chi connectivity index (χ4n) is 2.49. The lowest BCUT2D eigenvalue weighted by Gasteiger charge is -2.22. The first-order valence-electron chi connectivity index (χ1n) is 7.12. The van der Waals surface area contributed by atoms with Crippen molar-refractivity contribution in [1.82, 2.24) is 10.2 Å². The van der Waals surface area contributed by atoms with Crippen LogP contribution in [0.2, 0.25) is 0 Å². The summed E-state index contributed by atoms with van der Waals surface area (Å²) in [4.78, 5) is 13.2. The molecule has 0 aliphatic rings. The highest BCUT2D eigenvalue weighted by Gasteiger charge is 2.29. The van der Waals surface area contributed by atoms with Crippen LogP contribution in [0.15, 0.2) is 41.9 Å². The minimum atomic E-state index is -0.547. The molecule has 0 spiro atoms. The van der Waals surface area contributed by atoms with Crippen molar-refractivity contribution in [3.8, 4) is 0 Å². The summed E-state index contributed by atoms with van der Waals surface area (Å²) >= 11 is 2.16. The van der Waals surface area contributed by atoms with E-state index in [1.54, 1.807) is 25.1 Å². The van der Waals surface area contributed by atoms with Crippen LogP contribution in [0.4, 0.5) is 13.9 Å². The lowest BCUT2D eigenvalue weighted by atomic mass is 9.85. The molecule has 0 fully saturated rings. The van der Waals surface area contributed by atoms with E-state index in [-0.39, 0.29) is 11.0 Å². The van der Waals surface area contributed by atoms with Crippen molar-refractivity contribution in [2.45, 2.75) is 12.8 Å². The van der Waals surface area contributed by atoms with E-state index >= 15 is 0 Å². The molecule has 0 radical (unpaired) electrons. The van der Waals surface area contributed by atoms with Gasteiger partial charge in [0, 0.05) is 16.7 Å². The van der Waals surface area contributed by atoms with Gasteiger partial charge in [-0.1, -0.05) is 30.4 Å². The number of carbonyl (C=O) groups is 1. The molecule has 24 heavy (non-hydrogen) atoms. The molecule has 0 saturated heterocycles. The summed E-state index contributed by atoms with van der Waals surface area (Å²) in [6, 6.07) is 9.00. The van der Waals surface area contributed by atoms with Crippen LogP contribution >= 0.6 is 22.7 Å². The van der Waals surface area contributed by atoms with Crippen molar-refractivity contribution >= 4 is 33.7 Å². The van der Waals surface area contributed by atoms with Crippen molar-refractivity contribution < 1.29 is 13.6 Å². The van der Waals surface area contributed by atoms with Crippen LogP contribution in [0.25, 0.3) is 0 Å². The van der Waals surface area contributed by atoms with Crippen LogP contribution in [0.3, 0.4) is 0 Å². The van der Waals surface area contributed by atoms with Crippen LogP contribution < -0.4 is 5.32 Å². The fraction of sp³-hybridized carbons (Fsp3) is 0.188. The van der Waals surface area contributed by atoms with E-state index in [4.69, 9.17) is 0 Å². The first-order chi connectivity index (χ1) is 11.5. The highest BCUT2D eigenvalue weighted by molar-refractivity contribution is 7.13. The zero-order valence-corrected chi connectivity index (χ0v) is 14.2. The molecule has 1 aromatic carbocycles. The van der Waals surface area contributed by atoms with Gasteiger partial charge in [-0.3, -0.25) is 4.79 Å². The van der Waals surface area contributed by atoms with Gasteiger partial charge in [0.05, 0.1) is 0 Å². The van der Waals surface area contributed by atoms with Crippen molar-refractivity contribution in [2.24, 2.45) is 5.92 Å². The number of hydrogen-bond donors (Lipinski definition) is 1. The van der Waals surface area contributed by atoms with Gasteiger partial charge >= 0.3 is 0 Å². The average Bonchev–Trinajstić information content (AvgIpc) is 3.19. The SMILES string of the molecule is CC(C(=O)Nc1nncs1)C(c1cccc(F)c1)c1ccc(F)s1. The number of hydrogen-bond acceptors (Lipinski definition) is 5. The number of amides is 1. The number of nitrogens with zero attached hydrogens (tertiary/aromatic N) is 2. The van der Waals surface area contributed by atoms with E-state index in [0.717, 1.165) is 11.3 Å². The molecule has 1 N–H and O–H groups in total.